The maximum absolute atomic E-state index is 11.1. The summed E-state index contributed by atoms with van der Waals surface area (Å²) < 4.78 is 4.86. The van der Waals surface area contributed by atoms with Crippen molar-refractivity contribution in [1.29, 1.82) is 0 Å². The number of carbonyl (C=O) groups excluding carboxylic acids is 1. The Bertz CT molecular complexity index is 276. The molecule has 0 aromatic heterocycles. The van der Waals surface area contributed by atoms with Gasteiger partial charge in [0.05, 0.1) is 6.61 Å². The molecule has 0 bridgehead atoms. The predicted octanol–water partition coefficient (Wildman–Crippen LogP) is 2.07. The van der Waals surface area contributed by atoms with Gasteiger partial charge in [-0.2, -0.15) is 0 Å². The molecule has 1 fully saturated rings. The number of allylic oxidation sites excluding steroid dienone is 3. The molecule has 0 aromatic carbocycles. The van der Waals surface area contributed by atoms with Crippen LogP contribution in [0.5, 0.6) is 0 Å². The van der Waals surface area contributed by atoms with Crippen molar-refractivity contribution in [3.8, 4) is 0 Å². The minimum Gasteiger partial charge on any atom is -0.463 e. The van der Waals surface area contributed by atoms with E-state index in [0.717, 1.165) is 12.8 Å². The first kappa shape index (κ1) is 8.54. The van der Waals surface area contributed by atoms with Gasteiger partial charge in [-0.1, -0.05) is 17.7 Å². The van der Waals surface area contributed by atoms with Crippen molar-refractivity contribution < 1.29 is 9.53 Å². The van der Waals surface area contributed by atoms with E-state index in [4.69, 9.17) is 4.74 Å². The lowest BCUT2D eigenvalue weighted by Crippen LogP contribution is -2.24. The van der Waals surface area contributed by atoms with Crippen LogP contribution in [0.2, 0.25) is 0 Å². The molecule has 0 amide bonds. The van der Waals surface area contributed by atoms with Crippen LogP contribution in [-0.2, 0) is 9.53 Å². The number of hydrogen-bond acceptors (Lipinski definition) is 2. The van der Waals surface area contributed by atoms with Crippen molar-refractivity contribution in [2.24, 2.45) is 11.8 Å². The summed E-state index contributed by atoms with van der Waals surface area (Å²) in [6.07, 6.45) is 8.31. The van der Waals surface area contributed by atoms with Crippen LogP contribution in [0.3, 0.4) is 0 Å². The van der Waals surface area contributed by atoms with E-state index in [0.29, 0.717) is 18.4 Å². The first-order valence-electron chi connectivity index (χ1n) is 4.85. The molecule has 0 saturated heterocycles. The lowest BCUT2D eigenvalue weighted by atomic mass is 9.71. The molecule has 0 radical (unpaired) electrons. The highest BCUT2D eigenvalue weighted by Crippen LogP contribution is 2.46. The van der Waals surface area contributed by atoms with Crippen LogP contribution < -0.4 is 0 Å². The summed E-state index contributed by atoms with van der Waals surface area (Å²) in [6, 6.07) is 0. The molecule has 2 unspecified atom stereocenters. The monoisotopic (exact) mass is 178 g/mol. The molecule has 0 N–H and O–H groups in total. The van der Waals surface area contributed by atoms with Crippen LogP contribution in [0.15, 0.2) is 23.8 Å². The second-order valence-corrected chi connectivity index (χ2v) is 3.61. The van der Waals surface area contributed by atoms with E-state index in [1.54, 1.807) is 6.08 Å². The molecule has 0 heterocycles. The van der Waals surface area contributed by atoms with E-state index in [1.165, 1.54) is 5.57 Å². The minimum absolute atomic E-state index is 0.178. The molecular formula is C11H14O2. The van der Waals surface area contributed by atoms with E-state index < -0.39 is 0 Å². The fourth-order valence-corrected chi connectivity index (χ4v) is 2.11. The Hall–Kier alpha value is -1.05. The highest BCUT2D eigenvalue weighted by atomic mass is 16.5. The molecule has 0 spiro atoms. The molecule has 70 valence electrons. The minimum atomic E-state index is -0.178. The van der Waals surface area contributed by atoms with Crippen molar-refractivity contribution in [3.05, 3.63) is 23.8 Å². The number of rotatable bonds is 2. The lowest BCUT2D eigenvalue weighted by Gasteiger charge is -2.33. The number of ether oxygens (including phenoxy) is 1. The first-order valence-corrected chi connectivity index (χ1v) is 4.85. The molecule has 0 aliphatic heterocycles. The second-order valence-electron chi connectivity index (χ2n) is 3.61. The van der Waals surface area contributed by atoms with Crippen LogP contribution >= 0.6 is 0 Å². The van der Waals surface area contributed by atoms with Gasteiger partial charge in [-0.25, -0.2) is 4.79 Å². The largest absolute Gasteiger partial charge is 0.463 e. The highest BCUT2D eigenvalue weighted by Gasteiger charge is 2.36. The summed E-state index contributed by atoms with van der Waals surface area (Å²) in [7, 11) is 0. The average Bonchev–Trinajstić information content (AvgIpc) is 2.43. The fraction of sp³-hybridized carbons (Fsp3) is 0.545. The Kier molecular flexibility index (Phi) is 2.21. The number of esters is 1. The molecule has 2 heteroatoms. The van der Waals surface area contributed by atoms with E-state index in [9.17, 15) is 4.79 Å². The number of carbonyl (C=O) groups is 1. The average molecular weight is 178 g/mol. The van der Waals surface area contributed by atoms with E-state index in [1.807, 2.05) is 6.92 Å². The van der Waals surface area contributed by atoms with Gasteiger partial charge in [-0.3, -0.25) is 0 Å². The van der Waals surface area contributed by atoms with Crippen molar-refractivity contribution in [2.75, 3.05) is 6.61 Å². The molecule has 2 aliphatic rings. The quantitative estimate of drug-likeness (QED) is 0.367. The van der Waals surface area contributed by atoms with Gasteiger partial charge in [0.25, 0.3) is 0 Å². The van der Waals surface area contributed by atoms with Gasteiger partial charge in [0.15, 0.2) is 0 Å². The van der Waals surface area contributed by atoms with Crippen LogP contribution in [0.1, 0.15) is 19.8 Å². The van der Waals surface area contributed by atoms with Crippen LogP contribution in [-0.4, -0.2) is 12.6 Å². The van der Waals surface area contributed by atoms with Gasteiger partial charge in [0, 0.05) is 6.08 Å². The van der Waals surface area contributed by atoms with Gasteiger partial charge in [0.1, 0.15) is 0 Å². The van der Waals surface area contributed by atoms with E-state index in [-0.39, 0.29) is 5.97 Å². The van der Waals surface area contributed by atoms with Crippen molar-refractivity contribution >= 4 is 5.97 Å². The third-order valence-electron chi connectivity index (χ3n) is 2.83. The normalized spacial score (nSPS) is 32.8. The molecular weight excluding hydrogens is 164 g/mol. The predicted molar refractivity (Wildman–Crippen MR) is 50.1 cm³/mol. The topological polar surface area (TPSA) is 26.3 Å². The maximum atomic E-state index is 11.1. The zero-order valence-electron chi connectivity index (χ0n) is 7.82. The number of fused-ring (bicyclic) bond motifs is 1. The second kappa shape index (κ2) is 3.36. The van der Waals surface area contributed by atoms with Crippen LogP contribution in [0.4, 0.5) is 0 Å². The zero-order valence-corrected chi connectivity index (χ0v) is 7.82. The van der Waals surface area contributed by atoms with Crippen molar-refractivity contribution in [3.63, 3.8) is 0 Å². The lowest BCUT2D eigenvalue weighted by molar-refractivity contribution is -0.137. The van der Waals surface area contributed by atoms with E-state index in [2.05, 4.69) is 12.2 Å². The molecule has 2 rings (SSSR count). The van der Waals surface area contributed by atoms with Gasteiger partial charge >= 0.3 is 5.97 Å². The van der Waals surface area contributed by atoms with Gasteiger partial charge in [-0.15, -0.1) is 0 Å². The zero-order chi connectivity index (χ0) is 9.26. The Balaban J connectivity index is 1.93. The third-order valence-corrected chi connectivity index (χ3v) is 2.83. The van der Waals surface area contributed by atoms with Gasteiger partial charge in [0.2, 0.25) is 0 Å². The van der Waals surface area contributed by atoms with E-state index >= 15 is 0 Å². The Morgan fingerprint density at radius 1 is 1.77 bits per heavy atom. The summed E-state index contributed by atoms with van der Waals surface area (Å²) in [5.41, 5.74) is 1.27. The Morgan fingerprint density at radius 3 is 3.31 bits per heavy atom. The standard InChI is InChI=1S/C11H14O2/c1-2-13-11(12)7-9-6-8-4-3-5-10(8)9/h3-4,7-8,10H,2,5-6H2,1H3/b9-7+. The Labute approximate surface area is 78.3 Å². The molecule has 0 aromatic rings. The third kappa shape index (κ3) is 1.53. The first-order chi connectivity index (χ1) is 6.31. The van der Waals surface area contributed by atoms with Crippen molar-refractivity contribution in [1.82, 2.24) is 0 Å². The summed E-state index contributed by atoms with van der Waals surface area (Å²) in [5, 5.41) is 0. The molecule has 1 saturated carbocycles. The van der Waals surface area contributed by atoms with Gasteiger partial charge < -0.3 is 4.74 Å². The van der Waals surface area contributed by atoms with Crippen LogP contribution in [0, 0.1) is 11.8 Å². The summed E-state index contributed by atoms with van der Waals surface area (Å²) in [5.74, 6) is 1.15. The van der Waals surface area contributed by atoms with Crippen molar-refractivity contribution in [2.45, 2.75) is 19.8 Å². The summed E-state index contributed by atoms with van der Waals surface area (Å²) >= 11 is 0. The maximum Gasteiger partial charge on any atom is 0.330 e. The van der Waals surface area contributed by atoms with Crippen LogP contribution in [0.25, 0.3) is 0 Å². The summed E-state index contributed by atoms with van der Waals surface area (Å²) in [4.78, 5) is 11.1. The molecule has 13 heavy (non-hydrogen) atoms. The Morgan fingerprint density at radius 2 is 2.62 bits per heavy atom. The number of hydrogen-bond donors (Lipinski definition) is 0. The summed E-state index contributed by atoms with van der Waals surface area (Å²) in [6.45, 7) is 2.30. The molecule has 2 aliphatic carbocycles. The van der Waals surface area contributed by atoms with Gasteiger partial charge in [-0.05, 0) is 31.6 Å². The highest BCUT2D eigenvalue weighted by molar-refractivity contribution is 5.83. The fourth-order valence-electron chi connectivity index (χ4n) is 2.11. The smallest absolute Gasteiger partial charge is 0.330 e. The molecule has 2 nitrogen and oxygen atoms in total. The SMILES string of the molecule is CCOC(=O)/C=C1\CC2C=CCC12. The molecule has 2 atom stereocenters.